The molecule has 0 aromatic heterocycles. The van der Waals surface area contributed by atoms with E-state index in [1.165, 1.54) is 0 Å². The fraction of sp³-hybridized carbons (Fsp3) is 0.0769. The minimum atomic E-state index is 0.0817. The number of aromatic hydroxyl groups is 1. The van der Waals surface area contributed by atoms with Gasteiger partial charge in [0.2, 0.25) is 0 Å². The fourth-order valence-electron chi connectivity index (χ4n) is 1.40. The molecule has 0 saturated heterocycles. The van der Waals surface area contributed by atoms with E-state index < -0.39 is 0 Å². The molecule has 2 aromatic carbocycles. The van der Waals surface area contributed by atoms with Gasteiger partial charge in [0.05, 0.1) is 10.2 Å². The second-order valence-corrected chi connectivity index (χ2v) is 4.47. The molecule has 3 N–H and O–H groups in total. The third-order valence-corrected chi connectivity index (χ3v) is 2.98. The highest BCUT2D eigenvalue weighted by Crippen LogP contribution is 2.26. The minimum absolute atomic E-state index is 0.0817. The minimum Gasteiger partial charge on any atom is -0.506 e. The van der Waals surface area contributed by atoms with Crippen LogP contribution in [0.15, 0.2) is 46.9 Å². The summed E-state index contributed by atoms with van der Waals surface area (Å²) in [5, 5.41) is 9.46. The topological polar surface area (TPSA) is 55.5 Å². The van der Waals surface area contributed by atoms with E-state index in [1.807, 2.05) is 30.3 Å². The molecule has 2 aromatic rings. The number of anilines is 1. The van der Waals surface area contributed by atoms with Gasteiger partial charge in [-0.05, 0) is 45.8 Å². The average molecular weight is 294 g/mol. The van der Waals surface area contributed by atoms with Crippen molar-refractivity contribution in [3.63, 3.8) is 0 Å². The van der Waals surface area contributed by atoms with Crippen LogP contribution in [-0.2, 0) is 6.61 Å². The predicted molar refractivity (Wildman–Crippen MR) is 71.0 cm³/mol. The first-order chi connectivity index (χ1) is 8.16. The Kier molecular flexibility index (Phi) is 3.54. The molecule has 0 aliphatic rings. The lowest BCUT2D eigenvalue weighted by Gasteiger charge is -2.08. The van der Waals surface area contributed by atoms with E-state index >= 15 is 0 Å². The summed E-state index contributed by atoms with van der Waals surface area (Å²) in [6.45, 7) is 0.385. The third kappa shape index (κ3) is 2.91. The first kappa shape index (κ1) is 11.8. The van der Waals surface area contributed by atoms with E-state index in [0.717, 1.165) is 15.8 Å². The zero-order valence-electron chi connectivity index (χ0n) is 9.06. The molecular formula is C13H12BrNO2. The number of hydrogen-bond acceptors (Lipinski definition) is 3. The number of phenols is 1. The van der Waals surface area contributed by atoms with Crippen LogP contribution in [0.4, 0.5) is 5.69 Å². The molecule has 88 valence electrons. The number of hydrogen-bond donors (Lipinski definition) is 2. The molecule has 0 amide bonds. The van der Waals surface area contributed by atoms with Gasteiger partial charge in [-0.1, -0.05) is 18.2 Å². The highest BCUT2D eigenvalue weighted by Gasteiger charge is 2.02. The lowest BCUT2D eigenvalue weighted by molar-refractivity contribution is 0.303. The molecule has 0 heterocycles. The maximum Gasteiger partial charge on any atom is 0.138 e. The highest BCUT2D eigenvalue weighted by atomic mass is 79.9. The summed E-state index contributed by atoms with van der Waals surface area (Å²) in [6, 6.07) is 12.7. The van der Waals surface area contributed by atoms with Gasteiger partial charge in [0.25, 0.3) is 0 Å². The summed E-state index contributed by atoms with van der Waals surface area (Å²) < 4.78 is 6.52. The molecule has 0 aliphatic heterocycles. The maximum atomic E-state index is 9.46. The predicted octanol–water partition coefficient (Wildman–Crippen LogP) is 3.32. The Labute approximate surface area is 108 Å². The number of nitrogen functional groups attached to an aromatic ring is 1. The normalized spacial score (nSPS) is 10.2. The molecule has 0 aliphatic carbocycles. The highest BCUT2D eigenvalue weighted by molar-refractivity contribution is 9.10. The van der Waals surface area contributed by atoms with Gasteiger partial charge in [0.15, 0.2) is 0 Å². The summed E-state index contributed by atoms with van der Waals surface area (Å²) in [5.41, 5.74) is 6.76. The zero-order valence-corrected chi connectivity index (χ0v) is 10.6. The van der Waals surface area contributed by atoms with E-state index in [1.54, 1.807) is 12.1 Å². The molecule has 0 spiro atoms. The van der Waals surface area contributed by atoms with E-state index in [-0.39, 0.29) is 5.75 Å². The van der Waals surface area contributed by atoms with Crippen LogP contribution in [0.2, 0.25) is 0 Å². The van der Waals surface area contributed by atoms with Crippen molar-refractivity contribution in [1.29, 1.82) is 0 Å². The Balaban J connectivity index is 2.08. The van der Waals surface area contributed by atoms with Gasteiger partial charge in [-0.25, -0.2) is 0 Å². The monoisotopic (exact) mass is 293 g/mol. The first-order valence-electron chi connectivity index (χ1n) is 5.11. The maximum absolute atomic E-state index is 9.46. The second-order valence-electron chi connectivity index (χ2n) is 3.61. The molecule has 0 saturated carbocycles. The van der Waals surface area contributed by atoms with Crippen molar-refractivity contribution in [2.75, 3.05) is 5.73 Å². The molecule has 0 unspecified atom stereocenters. The van der Waals surface area contributed by atoms with Crippen LogP contribution in [0.5, 0.6) is 11.5 Å². The summed E-state index contributed by atoms with van der Waals surface area (Å²) >= 11 is 3.40. The first-order valence-corrected chi connectivity index (χ1v) is 5.91. The molecule has 0 fully saturated rings. The van der Waals surface area contributed by atoms with Crippen LogP contribution in [0.25, 0.3) is 0 Å². The number of para-hydroxylation sites is 1. The lowest BCUT2D eigenvalue weighted by atomic mass is 10.2. The Bertz CT molecular complexity index is 529. The van der Waals surface area contributed by atoms with Gasteiger partial charge in [0.1, 0.15) is 18.1 Å². The molecule has 0 bridgehead atoms. The number of ether oxygens (including phenoxy) is 1. The average Bonchev–Trinajstić information content (AvgIpc) is 2.32. The van der Waals surface area contributed by atoms with Gasteiger partial charge in [-0.2, -0.15) is 0 Å². The van der Waals surface area contributed by atoms with Crippen molar-refractivity contribution in [1.82, 2.24) is 0 Å². The van der Waals surface area contributed by atoms with Gasteiger partial charge in [0, 0.05) is 0 Å². The molecule has 4 heteroatoms. The van der Waals surface area contributed by atoms with E-state index in [2.05, 4.69) is 15.9 Å². The van der Waals surface area contributed by atoms with Crippen molar-refractivity contribution in [3.8, 4) is 11.5 Å². The van der Waals surface area contributed by atoms with Gasteiger partial charge in [-0.15, -0.1) is 0 Å². The van der Waals surface area contributed by atoms with Crippen LogP contribution in [0, 0.1) is 0 Å². The summed E-state index contributed by atoms with van der Waals surface area (Å²) in [7, 11) is 0. The molecule has 0 atom stereocenters. The standard InChI is InChI=1S/C13H12BrNO2/c14-10-3-1-2-4-13(10)17-8-9-5-6-11(15)12(16)7-9/h1-7,16H,8,15H2. The number of rotatable bonds is 3. The quantitative estimate of drug-likeness (QED) is 0.674. The number of benzene rings is 2. The van der Waals surface area contributed by atoms with Crippen LogP contribution in [0.1, 0.15) is 5.56 Å². The third-order valence-electron chi connectivity index (χ3n) is 2.33. The number of halogens is 1. The summed E-state index contributed by atoms with van der Waals surface area (Å²) in [6.07, 6.45) is 0. The van der Waals surface area contributed by atoms with Crippen molar-refractivity contribution in [3.05, 3.63) is 52.5 Å². The van der Waals surface area contributed by atoms with Crippen LogP contribution >= 0.6 is 15.9 Å². The van der Waals surface area contributed by atoms with Crippen molar-refractivity contribution < 1.29 is 9.84 Å². The van der Waals surface area contributed by atoms with E-state index in [9.17, 15) is 5.11 Å². The van der Waals surface area contributed by atoms with Gasteiger partial charge < -0.3 is 15.6 Å². The Hall–Kier alpha value is -1.68. The van der Waals surface area contributed by atoms with Crippen LogP contribution < -0.4 is 10.5 Å². The molecule has 17 heavy (non-hydrogen) atoms. The molecule has 3 nitrogen and oxygen atoms in total. The van der Waals surface area contributed by atoms with Crippen molar-refractivity contribution >= 4 is 21.6 Å². The molecular weight excluding hydrogens is 282 g/mol. The molecule has 0 radical (unpaired) electrons. The summed E-state index contributed by atoms with van der Waals surface area (Å²) in [4.78, 5) is 0. The Morgan fingerprint density at radius 3 is 2.65 bits per heavy atom. The van der Waals surface area contributed by atoms with E-state index in [4.69, 9.17) is 10.5 Å². The lowest BCUT2D eigenvalue weighted by Crippen LogP contribution is -1.96. The SMILES string of the molecule is Nc1ccc(COc2ccccc2Br)cc1O. The number of nitrogens with two attached hydrogens (primary N) is 1. The van der Waals surface area contributed by atoms with Gasteiger partial charge in [-0.3, -0.25) is 0 Å². The number of phenolic OH excluding ortho intramolecular Hbond substituents is 1. The largest absolute Gasteiger partial charge is 0.506 e. The van der Waals surface area contributed by atoms with Crippen molar-refractivity contribution in [2.24, 2.45) is 0 Å². The summed E-state index contributed by atoms with van der Waals surface area (Å²) in [5.74, 6) is 0.849. The van der Waals surface area contributed by atoms with Gasteiger partial charge >= 0.3 is 0 Å². The fourth-order valence-corrected chi connectivity index (χ4v) is 1.80. The molecule has 2 rings (SSSR count). The Morgan fingerprint density at radius 2 is 1.94 bits per heavy atom. The zero-order chi connectivity index (χ0) is 12.3. The second kappa shape index (κ2) is 5.10. The van der Waals surface area contributed by atoms with Crippen LogP contribution in [-0.4, -0.2) is 5.11 Å². The Morgan fingerprint density at radius 1 is 1.18 bits per heavy atom. The van der Waals surface area contributed by atoms with Crippen LogP contribution in [0.3, 0.4) is 0 Å². The smallest absolute Gasteiger partial charge is 0.138 e. The van der Waals surface area contributed by atoms with Crippen molar-refractivity contribution in [2.45, 2.75) is 6.61 Å². The van der Waals surface area contributed by atoms with E-state index in [0.29, 0.717) is 12.3 Å².